The lowest BCUT2D eigenvalue weighted by Gasteiger charge is -2.10. The molecule has 24 heavy (non-hydrogen) atoms. The normalized spacial score (nSPS) is 10.8. The van der Waals surface area contributed by atoms with E-state index in [1.54, 1.807) is 25.4 Å². The highest BCUT2D eigenvalue weighted by Gasteiger charge is 2.03. The number of anilines is 2. The zero-order chi connectivity index (χ0) is 16.9. The maximum atomic E-state index is 10.6. The van der Waals surface area contributed by atoms with Crippen molar-refractivity contribution in [2.24, 2.45) is 0 Å². The average Bonchev–Trinajstić information content (AvgIpc) is 2.60. The predicted molar refractivity (Wildman–Crippen MR) is 96.0 cm³/mol. The number of hydrogen-bond donors (Lipinski definition) is 3. The first kappa shape index (κ1) is 16.1. The summed E-state index contributed by atoms with van der Waals surface area (Å²) in [7, 11) is -1.01. The van der Waals surface area contributed by atoms with Crippen LogP contribution in [0, 0.1) is 0 Å². The summed E-state index contributed by atoms with van der Waals surface area (Å²) in [6.07, 6.45) is 1.75. The molecule has 0 amide bonds. The van der Waals surface area contributed by atoms with E-state index in [4.69, 9.17) is 4.74 Å². The second-order valence-electron chi connectivity index (χ2n) is 5.16. The molecule has 0 saturated heterocycles. The van der Waals surface area contributed by atoms with Gasteiger partial charge in [0.1, 0.15) is 5.75 Å². The minimum Gasteiger partial charge on any atom is -0.497 e. The van der Waals surface area contributed by atoms with Gasteiger partial charge in [-0.3, -0.25) is 9.71 Å². The van der Waals surface area contributed by atoms with Crippen LogP contribution in [0.4, 0.5) is 11.4 Å². The third-order valence-electron chi connectivity index (χ3n) is 3.61. The number of benzene rings is 2. The highest BCUT2D eigenvalue weighted by atomic mass is 32.2. The smallest absolute Gasteiger partial charge is 0.222 e. The maximum absolute atomic E-state index is 10.6. The molecule has 0 aliphatic rings. The van der Waals surface area contributed by atoms with Crippen LogP contribution in [0.15, 0.2) is 54.7 Å². The van der Waals surface area contributed by atoms with Gasteiger partial charge in [0.05, 0.1) is 12.6 Å². The second-order valence-corrected chi connectivity index (χ2v) is 5.90. The number of pyridine rings is 1. The Morgan fingerprint density at radius 2 is 1.88 bits per heavy atom. The first-order chi connectivity index (χ1) is 11.7. The van der Waals surface area contributed by atoms with Crippen molar-refractivity contribution in [1.82, 2.24) is 4.98 Å². The van der Waals surface area contributed by atoms with Crippen LogP contribution in [0.25, 0.3) is 10.9 Å². The summed E-state index contributed by atoms with van der Waals surface area (Å²) >= 11 is 0. The topological polar surface area (TPSA) is 80.3 Å². The molecule has 0 bridgehead atoms. The fraction of sp³-hybridized carbons (Fsp3) is 0.118. The van der Waals surface area contributed by atoms with E-state index >= 15 is 0 Å². The zero-order valence-electron chi connectivity index (χ0n) is 13.0. The Hall–Kier alpha value is -2.80. The molecule has 3 aromatic rings. The summed E-state index contributed by atoms with van der Waals surface area (Å²) in [6, 6.07) is 14.9. The summed E-state index contributed by atoms with van der Waals surface area (Å²) in [5.74, 6) is 0.770. The Balaban J connectivity index is 1.75. The number of nitrogens with one attached hydrogen (secondary N) is 2. The molecule has 0 radical (unpaired) electrons. The Kier molecular flexibility index (Phi) is 4.81. The first-order valence-corrected chi connectivity index (χ1v) is 8.50. The summed E-state index contributed by atoms with van der Waals surface area (Å²) in [5.41, 5.74) is 3.43. The van der Waals surface area contributed by atoms with E-state index in [9.17, 15) is 8.42 Å². The molecule has 0 fully saturated rings. The molecule has 0 aliphatic carbocycles. The molecule has 6 nitrogen and oxygen atoms in total. The number of fused-ring (bicyclic) bond motifs is 1. The number of rotatable bonds is 6. The average molecular weight is 343 g/mol. The van der Waals surface area contributed by atoms with Gasteiger partial charge in [-0.05, 0) is 35.9 Å². The van der Waals surface area contributed by atoms with Crippen molar-refractivity contribution >= 4 is 33.2 Å². The SMILES string of the molecule is COc1ccc2c(NCc3ccc(N[SH](=O)=O)cc3)ccnc2c1. The largest absolute Gasteiger partial charge is 0.497 e. The highest BCUT2D eigenvalue weighted by molar-refractivity contribution is 7.73. The van der Waals surface area contributed by atoms with Crippen LogP contribution >= 0.6 is 0 Å². The van der Waals surface area contributed by atoms with Crippen molar-refractivity contribution in [3.05, 3.63) is 60.3 Å². The molecule has 0 aliphatic heterocycles. The first-order valence-electron chi connectivity index (χ1n) is 7.32. The number of aromatic nitrogens is 1. The quantitative estimate of drug-likeness (QED) is 0.600. The van der Waals surface area contributed by atoms with Crippen LogP contribution in [-0.2, 0) is 17.4 Å². The molecule has 0 unspecified atom stereocenters. The van der Waals surface area contributed by atoms with Crippen molar-refractivity contribution in [2.75, 3.05) is 17.1 Å². The zero-order valence-corrected chi connectivity index (χ0v) is 13.9. The number of hydrogen-bond acceptors (Lipinski definition) is 5. The van der Waals surface area contributed by atoms with Gasteiger partial charge in [-0.25, -0.2) is 8.42 Å². The Morgan fingerprint density at radius 3 is 2.58 bits per heavy atom. The van der Waals surface area contributed by atoms with Crippen LogP contribution in [-0.4, -0.2) is 20.5 Å². The lowest BCUT2D eigenvalue weighted by Crippen LogP contribution is -2.01. The van der Waals surface area contributed by atoms with Crippen molar-refractivity contribution < 1.29 is 13.2 Å². The second kappa shape index (κ2) is 7.18. The van der Waals surface area contributed by atoms with E-state index in [1.165, 1.54) is 0 Å². The highest BCUT2D eigenvalue weighted by Crippen LogP contribution is 2.25. The lowest BCUT2D eigenvalue weighted by atomic mass is 10.1. The number of thiol groups is 1. The van der Waals surface area contributed by atoms with Crippen LogP contribution in [0.5, 0.6) is 5.75 Å². The molecule has 0 spiro atoms. The van der Waals surface area contributed by atoms with E-state index in [0.29, 0.717) is 12.2 Å². The fourth-order valence-corrected chi connectivity index (χ4v) is 2.77. The lowest BCUT2D eigenvalue weighted by molar-refractivity contribution is 0.415. The Morgan fingerprint density at radius 1 is 1.08 bits per heavy atom. The molecule has 1 aromatic heterocycles. The molecular formula is C17H17N3O3S. The van der Waals surface area contributed by atoms with Gasteiger partial charge in [-0.2, -0.15) is 0 Å². The summed E-state index contributed by atoms with van der Waals surface area (Å²) < 4.78 is 28.8. The summed E-state index contributed by atoms with van der Waals surface area (Å²) in [6.45, 7) is 0.620. The van der Waals surface area contributed by atoms with Gasteiger partial charge < -0.3 is 10.1 Å². The van der Waals surface area contributed by atoms with E-state index < -0.39 is 10.9 Å². The monoisotopic (exact) mass is 343 g/mol. The molecule has 0 saturated carbocycles. The van der Waals surface area contributed by atoms with E-state index in [1.807, 2.05) is 36.4 Å². The van der Waals surface area contributed by atoms with Crippen molar-refractivity contribution in [1.29, 1.82) is 0 Å². The third kappa shape index (κ3) is 3.75. The Bertz CT molecular complexity index is 916. The van der Waals surface area contributed by atoms with E-state index in [-0.39, 0.29) is 0 Å². The molecule has 0 atom stereocenters. The van der Waals surface area contributed by atoms with Gasteiger partial charge in [0.25, 0.3) is 0 Å². The number of ether oxygens (including phenoxy) is 1. The molecule has 124 valence electrons. The summed E-state index contributed by atoms with van der Waals surface area (Å²) in [4.78, 5) is 4.36. The molecular weight excluding hydrogens is 326 g/mol. The maximum Gasteiger partial charge on any atom is 0.222 e. The minimum atomic E-state index is -2.64. The molecule has 3 rings (SSSR count). The van der Waals surface area contributed by atoms with Crippen LogP contribution in [0.1, 0.15) is 5.56 Å². The standard InChI is InChI=1S/C17H17N3O3S/c1-23-14-6-7-15-16(8-9-18-17(15)10-14)19-11-12-2-4-13(5-3-12)20-24(21)22/h2-10,24H,11H2,1H3,(H,18,19)(H,20,21,22). The van der Waals surface area contributed by atoms with E-state index in [2.05, 4.69) is 15.0 Å². The molecule has 7 heteroatoms. The molecule has 1 heterocycles. The van der Waals surface area contributed by atoms with Gasteiger partial charge >= 0.3 is 0 Å². The van der Waals surface area contributed by atoms with Gasteiger partial charge in [0.15, 0.2) is 0 Å². The number of methoxy groups -OCH3 is 1. The van der Waals surface area contributed by atoms with Gasteiger partial charge in [0.2, 0.25) is 10.9 Å². The van der Waals surface area contributed by atoms with Crippen molar-refractivity contribution in [3.8, 4) is 5.75 Å². The van der Waals surface area contributed by atoms with Gasteiger partial charge in [-0.1, -0.05) is 12.1 Å². The summed E-state index contributed by atoms with van der Waals surface area (Å²) in [5, 5.41) is 4.39. The fourth-order valence-electron chi connectivity index (χ4n) is 2.41. The van der Waals surface area contributed by atoms with Crippen LogP contribution in [0.2, 0.25) is 0 Å². The molecule has 2 N–H and O–H groups in total. The van der Waals surface area contributed by atoms with Crippen LogP contribution in [0.3, 0.4) is 0 Å². The third-order valence-corrected chi connectivity index (χ3v) is 4.05. The van der Waals surface area contributed by atoms with Gasteiger partial charge in [0, 0.05) is 35.6 Å². The van der Waals surface area contributed by atoms with Crippen molar-refractivity contribution in [3.63, 3.8) is 0 Å². The minimum absolute atomic E-state index is 0.552. The number of nitrogens with zero attached hydrogens (tertiary/aromatic N) is 1. The molecule has 2 aromatic carbocycles. The van der Waals surface area contributed by atoms with Gasteiger partial charge in [-0.15, -0.1) is 0 Å². The van der Waals surface area contributed by atoms with Crippen molar-refractivity contribution in [2.45, 2.75) is 6.54 Å². The van der Waals surface area contributed by atoms with E-state index in [0.717, 1.165) is 27.9 Å². The van der Waals surface area contributed by atoms with Crippen LogP contribution < -0.4 is 14.8 Å². The predicted octanol–water partition coefficient (Wildman–Crippen LogP) is 2.79. The Labute approximate surface area is 141 Å².